The molecule has 1 rings (SSSR count). The number of benzene rings is 1. The summed E-state index contributed by atoms with van der Waals surface area (Å²) in [6, 6.07) is 2.52. The molecule has 0 saturated heterocycles. The summed E-state index contributed by atoms with van der Waals surface area (Å²) in [6.45, 7) is 2.43. The second-order valence-corrected chi connectivity index (χ2v) is 4.28. The summed E-state index contributed by atoms with van der Waals surface area (Å²) in [7, 11) is 0. The Hall–Kier alpha value is -0.520. The van der Waals surface area contributed by atoms with Crippen molar-refractivity contribution in [3.05, 3.63) is 33.8 Å². The van der Waals surface area contributed by atoms with Crippen molar-refractivity contribution in [2.75, 3.05) is 6.54 Å². The first kappa shape index (κ1) is 12.5. The Balaban J connectivity index is 2.77. The van der Waals surface area contributed by atoms with Crippen LogP contribution >= 0.6 is 15.9 Å². The van der Waals surface area contributed by atoms with Crippen LogP contribution in [0.15, 0.2) is 16.6 Å². The van der Waals surface area contributed by atoms with E-state index < -0.39 is 11.6 Å². The summed E-state index contributed by atoms with van der Waals surface area (Å²) in [6.07, 6.45) is 0. The van der Waals surface area contributed by atoms with E-state index in [-0.39, 0.29) is 18.2 Å². The first-order chi connectivity index (χ1) is 7.04. The predicted molar refractivity (Wildman–Crippen MR) is 59.4 cm³/mol. The van der Waals surface area contributed by atoms with Crippen molar-refractivity contribution in [2.45, 2.75) is 19.5 Å². The Morgan fingerprint density at radius 2 is 1.93 bits per heavy atom. The lowest BCUT2D eigenvalue weighted by Gasteiger charge is -2.12. The largest absolute Gasteiger partial charge is 0.329 e. The molecule has 0 spiro atoms. The van der Waals surface area contributed by atoms with Gasteiger partial charge in [0.25, 0.3) is 0 Å². The Morgan fingerprint density at radius 3 is 2.40 bits per heavy atom. The molecule has 2 nitrogen and oxygen atoms in total. The minimum Gasteiger partial charge on any atom is -0.329 e. The minimum atomic E-state index is -0.557. The van der Waals surface area contributed by atoms with E-state index in [2.05, 4.69) is 21.2 Å². The van der Waals surface area contributed by atoms with Crippen molar-refractivity contribution in [1.82, 2.24) is 5.32 Å². The van der Waals surface area contributed by atoms with Crippen LogP contribution in [0.2, 0.25) is 0 Å². The Bertz CT molecular complexity index is 321. The average molecular weight is 279 g/mol. The van der Waals surface area contributed by atoms with Crippen LogP contribution in [0, 0.1) is 11.6 Å². The molecule has 3 N–H and O–H groups in total. The van der Waals surface area contributed by atoms with E-state index >= 15 is 0 Å². The Kier molecular flexibility index (Phi) is 4.63. The lowest BCUT2D eigenvalue weighted by atomic mass is 10.2. The van der Waals surface area contributed by atoms with E-state index in [0.29, 0.717) is 11.0 Å². The van der Waals surface area contributed by atoms with Gasteiger partial charge in [0.2, 0.25) is 0 Å². The third-order valence-corrected chi connectivity index (χ3v) is 2.54. The molecular formula is C10H13BrF2N2. The molecule has 0 saturated carbocycles. The van der Waals surface area contributed by atoms with E-state index in [4.69, 9.17) is 5.73 Å². The second-order valence-electron chi connectivity index (χ2n) is 3.37. The van der Waals surface area contributed by atoms with Gasteiger partial charge in [-0.3, -0.25) is 0 Å². The predicted octanol–water partition coefficient (Wildman–Crippen LogP) is 2.16. The molecule has 5 heteroatoms. The average Bonchev–Trinajstić information content (AvgIpc) is 2.15. The SMILES string of the molecule is CC(CN)NCc1c(F)cc(Br)cc1F. The van der Waals surface area contributed by atoms with E-state index in [9.17, 15) is 8.78 Å². The van der Waals surface area contributed by atoms with Crippen molar-refractivity contribution in [3.8, 4) is 0 Å². The summed E-state index contributed by atoms with van der Waals surface area (Å²) in [5.41, 5.74) is 5.42. The number of hydrogen-bond acceptors (Lipinski definition) is 2. The second kappa shape index (κ2) is 5.53. The standard InChI is InChI=1S/C10H13BrF2N2/c1-6(4-14)15-5-8-9(12)2-7(11)3-10(8)13/h2-3,6,15H,4-5,14H2,1H3. The molecule has 1 aromatic rings. The zero-order valence-electron chi connectivity index (χ0n) is 8.36. The van der Waals surface area contributed by atoms with E-state index in [1.54, 1.807) is 0 Å². The van der Waals surface area contributed by atoms with Gasteiger partial charge in [-0.05, 0) is 19.1 Å². The smallest absolute Gasteiger partial charge is 0.131 e. The highest BCUT2D eigenvalue weighted by molar-refractivity contribution is 9.10. The van der Waals surface area contributed by atoms with Crippen molar-refractivity contribution in [3.63, 3.8) is 0 Å². The van der Waals surface area contributed by atoms with Gasteiger partial charge in [0.1, 0.15) is 11.6 Å². The summed E-state index contributed by atoms with van der Waals surface area (Å²) in [4.78, 5) is 0. The minimum absolute atomic E-state index is 0.0347. The molecule has 0 bridgehead atoms. The summed E-state index contributed by atoms with van der Waals surface area (Å²) in [5.74, 6) is -1.11. The summed E-state index contributed by atoms with van der Waals surface area (Å²) < 4.78 is 27.0. The van der Waals surface area contributed by atoms with Gasteiger partial charge < -0.3 is 11.1 Å². The van der Waals surface area contributed by atoms with Crippen LogP contribution in [0.5, 0.6) is 0 Å². The Labute approximate surface area is 96.0 Å². The monoisotopic (exact) mass is 278 g/mol. The Morgan fingerprint density at radius 1 is 1.40 bits per heavy atom. The topological polar surface area (TPSA) is 38.0 Å². The number of hydrogen-bond donors (Lipinski definition) is 2. The molecule has 84 valence electrons. The van der Waals surface area contributed by atoms with Crippen LogP contribution in [0.25, 0.3) is 0 Å². The maximum atomic E-state index is 13.3. The maximum Gasteiger partial charge on any atom is 0.131 e. The van der Waals surface area contributed by atoms with Crippen LogP contribution in [0.4, 0.5) is 8.78 Å². The third-order valence-electron chi connectivity index (χ3n) is 2.09. The molecule has 0 aliphatic heterocycles. The first-order valence-corrected chi connectivity index (χ1v) is 5.40. The quantitative estimate of drug-likeness (QED) is 0.886. The fraction of sp³-hybridized carbons (Fsp3) is 0.400. The van der Waals surface area contributed by atoms with Crippen molar-refractivity contribution < 1.29 is 8.78 Å². The van der Waals surface area contributed by atoms with Crippen LogP contribution in [0.1, 0.15) is 12.5 Å². The van der Waals surface area contributed by atoms with Crippen LogP contribution in [0.3, 0.4) is 0 Å². The van der Waals surface area contributed by atoms with Crippen molar-refractivity contribution >= 4 is 15.9 Å². The molecule has 0 heterocycles. The van der Waals surface area contributed by atoms with Crippen LogP contribution < -0.4 is 11.1 Å². The molecule has 1 unspecified atom stereocenters. The van der Waals surface area contributed by atoms with Crippen LogP contribution in [-0.2, 0) is 6.54 Å². The van der Waals surface area contributed by atoms with Gasteiger partial charge >= 0.3 is 0 Å². The third kappa shape index (κ3) is 3.52. The molecule has 0 aliphatic rings. The van der Waals surface area contributed by atoms with Crippen LogP contribution in [-0.4, -0.2) is 12.6 Å². The number of nitrogens with one attached hydrogen (secondary N) is 1. The zero-order valence-corrected chi connectivity index (χ0v) is 9.94. The van der Waals surface area contributed by atoms with Gasteiger partial charge in [-0.25, -0.2) is 8.78 Å². The highest BCUT2D eigenvalue weighted by Crippen LogP contribution is 2.19. The van der Waals surface area contributed by atoms with E-state index in [1.807, 2.05) is 6.92 Å². The van der Waals surface area contributed by atoms with Gasteiger partial charge in [-0.2, -0.15) is 0 Å². The number of nitrogens with two attached hydrogens (primary N) is 1. The molecule has 0 radical (unpaired) electrons. The summed E-state index contributed by atoms with van der Waals surface area (Å²) in [5, 5.41) is 2.93. The molecular weight excluding hydrogens is 266 g/mol. The number of halogens is 3. The normalized spacial score (nSPS) is 12.9. The summed E-state index contributed by atoms with van der Waals surface area (Å²) >= 11 is 3.02. The molecule has 1 atom stereocenters. The van der Waals surface area contributed by atoms with Gasteiger partial charge in [-0.15, -0.1) is 0 Å². The van der Waals surface area contributed by atoms with Gasteiger partial charge in [0, 0.05) is 29.2 Å². The van der Waals surface area contributed by atoms with Gasteiger partial charge in [0.15, 0.2) is 0 Å². The lowest BCUT2D eigenvalue weighted by Crippen LogP contribution is -2.33. The highest BCUT2D eigenvalue weighted by atomic mass is 79.9. The maximum absolute atomic E-state index is 13.3. The molecule has 0 amide bonds. The highest BCUT2D eigenvalue weighted by Gasteiger charge is 2.10. The molecule has 0 fully saturated rings. The zero-order chi connectivity index (χ0) is 11.4. The molecule has 0 aliphatic carbocycles. The fourth-order valence-corrected chi connectivity index (χ4v) is 1.50. The van der Waals surface area contributed by atoms with Crippen molar-refractivity contribution in [2.24, 2.45) is 5.73 Å². The van der Waals surface area contributed by atoms with Gasteiger partial charge in [0.05, 0.1) is 0 Å². The van der Waals surface area contributed by atoms with Crippen molar-refractivity contribution in [1.29, 1.82) is 0 Å². The molecule has 15 heavy (non-hydrogen) atoms. The first-order valence-electron chi connectivity index (χ1n) is 4.61. The van der Waals surface area contributed by atoms with E-state index in [1.165, 1.54) is 12.1 Å². The van der Waals surface area contributed by atoms with Gasteiger partial charge in [-0.1, -0.05) is 15.9 Å². The fourth-order valence-electron chi connectivity index (χ4n) is 1.10. The number of rotatable bonds is 4. The van der Waals surface area contributed by atoms with E-state index in [0.717, 1.165) is 0 Å². The molecule has 1 aromatic carbocycles. The molecule has 0 aromatic heterocycles. The lowest BCUT2D eigenvalue weighted by molar-refractivity contribution is 0.503.